The minimum absolute atomic E-state index is 0.192. The van der Waals surface area contributed by atoms with Crippen molar-refractivity contribution in [3.63, 3.8) is 0 Å². The zero-order chi connectivity index (χ0) is 25.7. The molecule has 2 aromatic heterocycles. The number of benzene rings is 2. The topological polar surface area (TPSA) is 79.6 Å². The first-order valence-electron chi connectivity index (χ1n) is 12.5. The predicted molar refractivity (Wildman–Crippen MR) is 144 cm³/mol. The Morgan fingerprint density at radius 1 is 0.919 bits per heavy atom. The quantitative estimate of drug-likeness (QED) is 0.273. The van der Waals surface area contributed by atoms with Crippen LogP contribution in [0, 0.1) is 0 Å². The van der Waals surface area contributed by atoms with Crippen molar-refractivity contribution < 1.29 is 17.6 Å². The first kappa shape index (κ1) is 25.4. The molecule has 1 aliphatic rings. The van der Waals surface area contributed by atoms with E-state index in [4.69, 9.17) is 4.42 Å². The molecule has 0 bridgehead atoms. The highest BCUT2D eigenvalue weighted by molar-refractivity contribution is 7.89. The second-order valence-electron chi connectivity index (χ2n) is 9.31. The van der Waals surface area contributed by atoms with Gasteiger partial charge in [0, 0.05) is 4.88 Å². The molecule has 1 aliphatic carbocycles. The molecule has 5 rings (SSSR count). The maximum Gasteiger partial charge on any atom is 0.246 e. The zero-order valence-electron chi connectivity index (χ0n) is 20.5. The summed E-state index contributed by atoms with van der Waals surface area (Å²) in [5.74, 6) is 0.291. The number of fused-ring (bicyclic) bond motifs is 1. The first-order chi connectivity index (χ1) is 18.0. The third-order valence-electron chi connectivity index (χ3n) is 6.70. The van der Waals surface area contributed by atoms with Gasteiger partial charge >= 0.3 is 0 Å². The molecular formula is C29H30N2O4S2. The van der Waals surface area contributed by atoms with Crippen LogP contribution in [-0.2, 0) is 40.7 Å². The fourth-order valence-corrected chi connectivity index (χ4v) is 6.71. The maximum absolute atomic E-state index is 14.0. The van der Waals surface area contributed by atoms with Crippen LogP contribution in [0.4, 0.5) is 0 Å². The van der Waals surface area contributed by atoms with Crippen molar-refractivity contribution in [2.75, 3.05) is 0 Å². The summed E-state index contributed by atoms with van der Waals surface area (Å²) in [5, 5.41) is 1.96. The Hall–Kier alpha value is -3.20. The van der Waals surface area contributed by atoms with Gasteiger partial charge in [-0.25, -0.2) is 8.42 Å². The molecule has 1 N–H and O–H groups in total. The van der Waals surface area contributed by atoms with Crippen molar-refractivity contribution in [2.45, 2.75) is 56.1 Å². The van der Waals surface area contributed by atoms with Crippen LogP contribution in [0.1, 0.15) is 52.6 Å². The molecule has 6 nitrogen and oxygen atoms in total. The number of carbonyl (C=O) groups excluding carboxylic acids is 1. The second-order valence-corrected chi connectivity index (χ2v) is 12.1. The average molecular weight is 535 g/mol. The van der Waals surface area contributed by atoms with Gasteiger partial charge in [0.1, 0.15) is 11.8 Å². The molecule has 1 amide bonds. The standard InChI is InChI=1S/C29H30N2O4S2/c32-29(31(20-25-13-7-17-35-25)21-26-14-8-18-36-26)28(23-10-4-2-5-11-23)30-37(33,34)27-16-15-22-9-3-1-6-12-24(22)19-27/h2,4-5,7-8,10-11,13-19,28,30H,1,3,6,9,12,20-21H2. The number of furan rings is 1. The van der Waals surface area contributed by atoms with Crippen molar-refractivity contribution in [3.05, 3.63) is 112 Å². The van der Waals surface area contributed by atoms with Crippen LogP contribution >= 0.6 is 11.3 Å². The van der Waals surface area contributed by atoms with Crippen LogP contribution in [0.2, 0.25) is 0 Å². The molecule has 0 radical (unpaired) electrons. The van der Waals surface area contributed by atoms with Crippen LogP contribution in [0.5, 0.6) is 0 Å². The molecule has 1 unspecified atom stereocenters. The minimum atomic E-state index is -3.97. The minimum Gasteiger partial charge on any atom is -0.467 e. The Kier molecular flexibility index (Phi) is 7.88. The van der Waals surface area contributed by atoms with E-state index in [9.17, 15) is 13.2 Å². The first-order valence-corrected chi connectivity index (χ1v) is 14.9. The largest absolute Gasteiger partial charge is 0.467 e. The molecule has 2 aromatic carbocycles. The number of amides is 1. The van der Waals surface area contributed by atoms with Crippen LogP contribution in [0.25, 0.3) is 0 Å². The number of rotatable bonds is 9. The molecule has 4 aromatic rings. The summed E-state index contributed by atoms with van der Waals surface area (Å²) in [6, 6.07) is 20.8. The lowest BCUT2D eigenvalue weighted by Gasteiger charge is -2.27. The van der Waals surface area contributed by atoms with Gasteiger partial charge in [0.05, 0.1) is 24.2 Å². The molecule has 8 heteroatoms. The molecular weight excluding hydrogens is 504 g/mol. The lowest BCUT2D eigenvalue weighted by molar-refractivity contribution is -0.134. The summed E-state index contributed by atoms with van der Waals surface area (Å²) in [5.41, 5.74) is 2.88. The molecule has 192 valence electrons. The van der Waals surface area contributed by atoms with Crippen molar-refractivity contribution in [1.82, 2.24) is 9.62 Å². The summed E-state index contributed by atoms with van der Waals surface area (Å²) in [6.07, 6.45) is 6.74. The highest BCUT2D eigenvalue weighted by atomic mass is 32.2. The monoisotopic (exact) mass is 534 g/mol. The summed E-state index contributed by atoms with van der Waals surface area (Å²) in [6.45, 7) is 0.578. The lowest BCUT2D eigenvalue weighted by Crippen LogP contribution is -2.42. The van der Waals surface area contributed by atoms with Gasteiger partial charge in [-0.15, -0.1) is 11.3 Å². The van der Waals surface area contributed by atoms with Crippen molar-refractivity contribution >= 4 is 27.3 Å². The van der Waals surface area contributed by atoms with Crippen LogP contribution < -0.4 is 4.72 Å². The number of aryl methyl sites for hydroxylation is 2. The molecule has 2 heterocycles. The average Bonchev–Trinajstić information content (AvgIpc) is 3.57. The molecule has 1 atom stereocenters. The summed E-state index contributed by atoms with van der Waals surface area (Å²) < 4.78 is 35.6. The fraction of sp³-hybridized carbons (Fsp3) is 0.276. The SMILES string of the molecule is O=C(C(NS(=O)(=O)c1ccc2c(c1)CCCCC2)c1ccccc1)N(Cc1ccco1)Cc1cccs1. The van der Waals surface area contributed by atoms with Crippen LogP contribution in [-0.4, -0.2) is 19.2 Å². The number of hydrogen-bond donors (Lipinski definition) is 1. The van der Waals surface area contributed by atoms with Gasteiger partial charge in [0.25, 0.3) is 0 Å². The third kappa shape index (κ3) is 6.21. The molecule has 0 saturated heterocycles. The highest BCUT2D eigenvalue weighted by Gasteiger charge is 2.32. The Labute approximate surface area is 222 Å². The van der Waals surface area contributed by atoms with Gasteiger partial charge in [0.15, 0.2) is 0 Å². The van der Waals surface area contributed by atoms with E-state index in [0.29, 0.717) is 17.9 Å². The molecule has 37 heavy (non-hydrogen) atoms. The normalized spacial score (nSPS) is 14.5. The Bertz CT molecular complexity index is 1380. The van der Waals surface area contributed by atoms with E-state index < -0.39 is 16.1 Å². The van der Waals surface area contributed by atoms with Gasteiger partial charge in [0.2, 0.25) is 15.9 Å². The Morgan fingerprint density at radius 2 is 1.73 bits per heavy atom. The van der Waals surface area contributed by atoms with E-state index >= 15 is 0 Å². The highest BCUT2D eigenvalue weighted by Crippen LogP contribution is 2.27. The van der Waals surface area contributed by atoms with E-state index in [1.165, 1.54) is 5.56 Å². The summed E-state index contributed by atoms with van der Waals surface area (Å²) >= 11 is 1.55. The second kappa shape index (κ2) is 11.5. The van der Waals surface area contributed by atoms with E-state index in [0.717, 1.165) is 42.5 Å². The van der Waals surface area contributed by atoms with E-state index in [2.05, 4.69) is 4.72 Å². The maximum atomic E-state index is 14.0. The fourth-order valence-electron chi connectivity index (χ4n) is 4.76. The number of nitrogens with one attached hydrogen (secondary N) is 1. The number of hydrogen-bond acceptors (Lipinski definition) is 5. The Morgan fingerprint density at radius 3 is 2.46 bits per heavy atom. The van der Waals surface area contributed by atoms with Crippen LogP contribution in [0.3, 0.4) is 0 Å². The lowest BCUT2D eigenvalue weighted by atomic mass is 10.0. The van der Waals surface area contributed by atoms with E-state index in [-0.39, 0.29) is 17.3 Å². The predicted octanol–water partition coefficient (Wildman–Crippen LogP) is 5.86. The van der Waals surface area contributed by atoms with Gasteiger partial charge < -0.3 is 9.32 Å². The number of carbonyl (C=O) groups is 1. The Balaban J connectivity index is 1.47. The van der Waals surface area contributed by atoms with Gasteiger partial charge in [-0.3, -0.25) is 4.79 Å². The number of thiophene rings is 1. The molecule has 0 aliphatic heterocycles. The van der Waals surface area contributed by atoms with Crippen molar-refractivity contribution in [2.24, 2.45) is 0 Å². The summed E-state index contributed by atoms with van der Waals surface area (Å²) in [4.78, 5) is 16.9. The van der Waals surface area contributed by atoms with Gasteiger partial charge in [-0.05, 0) is 78.1 Å². The smallest absolute Gasteiger partial charge is 0.246 e. The number of sulfonamides is 1. The van der Waals surface area contributed by atoms with Crippen molar-refractivity contribution in [1.29, 1.82) is 0 Å². The van der Waals surface area contributed by atoms with E-state index in [1.807, 2.05) is 47.8 Å². The van der Waals surface area contributed by atoms with Crippen molar-refractivity contribution in [3.8, 4) is 0 Å². The summed E-state index contributed by atoms with van der Waals surface area (Å²) in [7, 11) is -3.97. The van der Waals surface area contributed by atoms with Crippen LogP contribution in [0.15, 0.2) is 93.8 Å². The molecule has 0 fully saturated rings. The third-order valence-corrected chi connectivity index (χ3v) is 8.98. The zero-order valence-corrected chi connectivity index (χ0v) is 22.1. The van der Waals surface area contributed by atoms with E-state index in [1.54, 1.807) is 52.8 Å². The van der Waals surface area contributed by atoms with Gasteiger partial charge in [-0.1, -0.05) is 48.9 Å². The number of nitrogens with zero attached hydrogens (tertiary/aromatic N) is 1. The van der Waals surface area contributed by atoms with Gasteiger partial charge in [-0.2, -0.15) is 4.72 Å². The molecule has 0 saturated carbocycles. The molecule has 0 spiro atoms.